The van der Waals surface area contributed by atoms with Crippen molar-refractivity contribution in [3.05, 3.63) is 11.7 Å². The maximum absolute atomic E-state index is 9.37. The van der Waals surface area contributed by atoms with Crippen molar-refractivity contribution in [3.8, 4) is 0 Å². The Morgan fingerprint density at radius 2 is 2.50 bits per heavy atom. The lowest BCUT2D eigenvalue weighted by molar-refractivity contribution is 0.190. The summed E-state index contributed by atoms with van der Waals surface area (Å²) >= 11 is 0. The molecule has 2 rings (SSSR count). The predicted molar refractivity (Wildman–Crippen MR) is 55.9 cm³/mol. The highest BCUT2D eigenvalue weighted by atomic mass is 16.5. The third kappa shape index (κ3) is 2.78. The van der Waals surface area contributed by atoms with Crippen molar-refractivity contribution in [2.45, 2.75) is 31.4 Å². The molecule has 1 aliphatic rings. The highest BCUT2D eigenvalue weighted by Crippen LogP contribution is 2.21. The number of methoxy groups -OCH3 is 1. The Bertz CT molecular complexity index is 329. The van der Waals surface area contributed by atoms with Crippen LogP contribution in [0.5, 0.6) is 0 Å². The van der Waals surface area contributed by atoms with E-state index in [-0.39, 0.29) is 12.1 Å². The SMILES string of the molecule is COCCCc1noc([C@H]2C[C@@H](O)CN2)n1. The average Bonchev–Trinajstić information content (AvgIpc) is 2.87. The van der Waals surface area contributed by atoms with Gasteiger partial charge in [-0.25, -0.2) is 0 Å². The van der Waals surface area contributed by atoms with Crippen molar-refractivity contribution >= 4 is 0 Å². The summed E-state index contributed by atoms with van der Waals surface area (Å²) in [6.45, 7) is 1.29. The predicted octanol–water partition coefficient (Wildman–Crippen LogP) is 0.0439. The van der Waals surface area contributed by atoms with E-state index in [1.165, 1.54) is 0 Å². The third-order valence-corrected chi connectivity index (χ3v) is 2.64. The zero-order chi connectivity index (χ0) is 11.4. The van der Waals surface area contributed by atoms with Gasteiger partial charge in [0, 0.05) is 26.7 Å². The van der Waals surface area contributed by atoms with Gasteiger partial charge in [-0.05, 0) is 12.8 Å². The molecule has 1 fully saturated rings. The fourth-order valence-corrected chi connectivity index (χ4v) is 1.79. The van der Waals surface area contributed by atoms with E-state index in [1.807, 2.05) is 0 Å². The highest BCUT2D eigenvalue weighted by molar-refractivity contribution is 4.97. The molecular weight excluding hydrogens is 210 g/mol. The summed E-state index contributed by atoms with van der Waals surface area (Å²) in [5.74, 6) is 1.28. The minimum Gasteiger partial charge on any atom is -0.392 e. The fraction of sp³-hybridized carbons (Fsp3) is 0.800. The van der Waals surface area contributed by atoms with Crippen LogP contribution >= 0.6 is 0 Å². The highest BCUT2D eigenvalue weighted by Gasteiger charge is 2.27. The molecule has 90 valence electrons. The minimum absolute atomic E-state index is 0.00123. The first-order chi connectivity index (χ1) is 7.79. The molecule has 0 radical (unpaired) electrons. The lowest BCUT2D eigenvalue weighted by Gasteiger charge is -2.01. The number of ether oxygens (including phenoxy) is 1. The van der Waals surface area contributed by atoms with Gasteiger partial charge < -0.3 is 19.7 Å². The van der Waals surface area contributed by atoms with Crippen molar-refractivity contribution in [2.24, 2.45) is 0 Å². The molecule has 1 aromatic rings. The van der Waals surface area contributed by atoms with Gasteiger partial charge in [-0.15, -0.1) is 0 Å². The molecule has 1 saturated heterocycles. The second-order valence-electron chi connectivity index (χ2n) is 4.00. The van der Waals surface area contributed by atoms with Crippen LogP contribution in [0.3, 0.4) is 0 Å². The normalized spacial score (nSPS) is 25.1. The Morgan fingerprint density at radius 3 is 3.19 bits per heavy atom. The van der Waals surface area contributed by atoms with Gasteiger partial charge in [-0.1, -0.05) is 5.16 Å². The van der Waals surface area contributed by atoms with Crippen LogP contribution in [-0.2, 0) is 11.2 Å². The van der Waals surface area contributed by atoms with E-state index in [0.717, 1.165) is 12.8 Å². The standard InChI is InChI=1S/C10H17N3O3/c1-15-4-2-3-9-12-10(16-13-9)8-5-7(14)6-11-8/h7-8,11,14H,2-6H2,1H3/t7-,8-/m1/s1. The first-order valence-electron chi connectivity index (χ1n) is 5.52. The average molecular weight is 227 g/mol. The molecule has 0 aromatic carbocycles. The largest absolute Gasteiger partial charge is 0.392 e. The number of aliphatic hydroxyl groups is 1. The van der Waals surface area contributed by atoms with Gasteiger partial charge in [-0.2, -0.15) is 4.98 Å². The first-order valence-corrected chi connectivity index (χ1v) is 5.52. The number of nitrogens with zero attached hydrogens (tertiary/aromatic N) is 2. The molecule has 1 aliphatic heterocycles. The van der Waals surface area contributed by atoms with Gasteiger partial charge in [0.2, 0.25) is 5.89 Å². The van der Waals surface area contributed by atoms with Crippen molar-refractivity contribution in [1.29, 1.82) is 0 Å². The Hall–Kier alpha value is -0.980. The van der Waals surface area contributed by atoms with Crippen LogP contribution in [0.25, 0.3) is 0 Å². The maximum atomic E-state index is 9.37. The molecule has 0 saturated carbocycles. The Morgan fingerprint density at radius 1 is 1.62 bits per heavy atom. The number of β-amino-alcohol motifs (C(OH)–C–C–N with tert-alkyl or cyclic N) is 1. The number of rotatable bonds is 5. The van der Waals surface area contributed by atoms with Crippen LogP contribution in [-0.4, -0.2) is 41.6 Å². The molecule has 6 heteroatoms. The van der Waals surface area contributed by atoms with Gasteiger partial charge in [0.25, 0.3) is 0 Å². The number of aryl methyl sites for hydroxylation is 1. The van der Waals surface area contributed by atoms with Crippen LogP contribution in [0.2, 0.25) is 0 Å². The Labute approximate surface area is 94.0 Å². The first kappa shape index (κ1) is 11.5. The molecule has 2 atom stereocenters. The van der Waals surface area contributed by atoms with Crippen molar-refractivity contribution < 1.29 is 14.4 Å². The van der Waals surface area contributed by atoms with E-state index in [0.29, 0.717) is 31.3 Å². The molecule has 6 nitrogen and oxygen atoms in total. The van der Waals surface area contributed by atoms with Crippen LogP contribution < -0.4 is 5.32 Å². The topological polar surface area (TPSA) is 80.4 Å². The van der Waals surface area contributed by atoms with E-state index in [9.17, 15) is 5.11 Å². The number of aromatic nitrogens is 2. The summed E-state index contributed by atoms with van der Waals surface area (Å²) in [5, 5.41) is 16.4. The number of hydrogen-bond acceptors (Lipinski definition) is 6. The van der Waals surface area contributed by atoms with E-state index >= 15 is 0 Å². The van der Waals surface area contributed by atoms with Crippen LogP contribution in [0.15, 0.2) is 4.52 Å². The van der Waals surface area contributed by atoms with Crippen molar-refractivity contribution in [2.75, 3.05) is 20.3 Å². The number of aliphatic hydroxyl groups excluding tert-OH is 1. The number of hydrogen-bond donors (Lipinski definition) is 2. The summed E-state index contributed by atoms with van der Waals surface area (Å²) in [4.78, 5) is 4.29. The second-order valence-corrected chi connectivity index (χ2v) is 4.00. The van der Waals surface area contributed by atoms with Gasteiger partial charge in [0.15, 0.2) is 5.82 Å². The fourth-order valence-electron chi connectivity index (χ4n) is 1.79. The molecular formula is C10H17N3O3. The van der Waals surface area contributed by atoms with E-state index in [4.69, 9.17) is 9.26 Å². The molecule has 0 amide bonds. The maximum Gasteiger partial charge on any atom is 0.243 e. The van der Waals surface area contributed by atoms with Crippen molar-refractivity contribution in [3.63, 3.8) is 0 Å². The summed E-state index contributed by atoms with van der Waals surface area (Å²) in [5.41, 5.74) is 0. The van der Waals surface area contributed by atoms with Crippen molar-refractivity contribution in [1.82, 2.24) is 15.5 Å². The monoisotopic (exact) mass is 227 g/mol. The van der Waals surface area contributed by atoms with E-state index in [2.05, 4.69) is 15.5 Å². The quantitative estimate of drug-likeness (QED) is 0.691. The molecule has 0 aliphatic carbocycles. The zero-order valence-electron chi connectivity index (χ0n) is 9.35. The van der Waals surface area contributed by atoms with E-state index < -0.39 is 0 Å². The van der Waals surface area contributed by atoms with Crippen LogP contribution in [0.4, 0.5) is 0 Å². The Kier molecular flexibility index (Phi) is 3.87. The van der Waals surface area contributed by atoms with Gasteiger partial charge in [-0.3, -0.25) is 0 Å². The third-order valence-electron chi connectivity index (χ3n) is 2.64. The molecule has 2 heterocycles. The van der Waals surface area contributed by atoms with Gasteiger partial charge >= 0.3 is 0 Å². The molecule has 2 N–H and O–H groups in total. The van der Waals surface area contributed by atoms with Gasteiger partial charge in [0.05, 0.1) is 12.1 Å². The molecule has 0 unspecified atom stereocenters. The molecule has 16 heavy (non-hydrogen) atoms. The summed E-state index contributed by atoms with van der Waals surface area (Å²) < 4.78 is 10.1. The van der Waals surface area contributed by atoms with Crippen LogP contribution in [0.1, 0.15) is 30.6 Å². The summed E-state index contributed by atoms with van der Waals surface area (Å²) in [7, 11) is 1.67. The van der Waals surface area contributed by atoms with Crippen LogP contribution in [0, 0.1) is 0 Å². The number of nitrogens with one attached hydrogen (secondary N) is 1. The summed E-state index contributed by atoms with van der Waals surface area (Å²) in [6.07, 6.45) is 1.97. The lowest BCUT2D eigenvalue weighted by atomic mass is 10.2. The molecule has 1 aromatic heterocycles. The molecule has 0 spiro atoms. The summed E-state index contributed by atoms with van der Waals surface area (Å²) in [6, 6.07) is -0.00123. The van der Waals surface area contributed by atoms with E-state index in [1.54, 1.807) is 7.11 Å². The lowest BCUT2D eigenvalue weighted by Crippen LogP contribution is -2.15. The Balaban J connectivity index is 1.87. The smallest absolute Gasteiger partial charge is 0.243 e. The molecule has 0 bridgehead atoms. The second kappa shape index (κ2) is 5.38. The zero-order valence-corrected chi connectivity index (χ0v) is 9.35. The minimum atomic E-state index is -0.311. The van der Waals surface area contributed by atoms with Gasteiger partial charge in [0.1, 0.15) is 0 Å².